The molecule has 3 heteroatoms. The van der Waals surface area contributed by atoms with Gasteiger partial charge in [0.2, 0.25) is 5.71 Å². The van der Waals surface area contributed by atoms with E-state index in [0.29, 0.717) is 5.71 Å². The molecule has 54 heavy (non-hydrogen) atoms. The van der Waals surface area contributed by atoms with Crippen molar-refractivity contribution in [2.45, 2.75) is 0 Å². The molecule has 0 aliphatic carbocycles. The second-order valence-electron chi connectivity index (χ2n) is 13.9. The minimum absolute atomic E-state index is 0.650. The third-order valence-electron chi connectivity index (χ3n) is 10.8. The number of benzene rings is 9. The van der Waals surface area contributed by atoms with Gasteiger partial charge in [0, 0.05) is 27.5 Å². The number of para-hydroxylation sites is 1. The van der Waals surface area contributed by atoms with Crippen LogP contribution in [0.3, 0.4) is 0 Å². The third kappa shape index (κ3) is 4.87. The van der Waals surface area contributed by atoms with Crippen LogP contribution in [0.5, 0.6) is 0 Å². The Labute approximate surface area is 312 Å². The SMILES string of the molecule is c1cc(-c2cccc3ccccc23)cc(N(c2ccc(-c3cc4ccccc4c4ccccc34)cc2)c2cccc3nc4oc5ccccc5c4cc23)c1. The fourth-order valence-electron chi connectivity index (χ4n) is 8.31. The van der Waals surface area contributed by atoms with Crippen molar-refractivity contribution in [2.24, 2.45) is 0 Å². The normalized spacial score (nSPS) is 11.7. The number of aromatic nitrogens is 1. The van der Waals surface area contributed by atoms with E-state index >= 15 is 0 Å². The van der Waals surface area contributed by atoms with Gasteiger partial charge >= 0.3 is 0 Å². The molecule has 2 heterocycles. The van der Waals surface area contributed by atoms with Gasteiger partial charge in [-0.15, -0.1) is 0 Å². The molecule has 0 aliphatic heterocycles. The zero-order chi connectivity index (χ0) is 35.6. The highest BCUT2D eigenvalue weighted by Gasteiger charge is 2.19. The molecular weight excluding hydrogens is 657 g/mol. The van der Waals surface area contributed by atoms with Gasteiger partial charge in [-0.1, -0.05) is 140 Å². The van der Waals surface area contributed by atoms with Gasteiger partial charge in [0.15, 0.2) is 0 Å². The van der Waals surface area contributed by atoms with Gasteiger partial charge in [0.25, 0.3) is 0 Å². The molecule has 0 aliphatic rings. The van der Waals surface area contributed by atoms with Gasteiger partial charge in [0.05, 0.1) is 11.2 Å². The Bertz CT molecular complexity index is 3230. The number of fused-ring (bicyclic) bond motifs is 8. The summed E-state index contributed by atoms with van der Waals surface area (Å²) >= 11 is 0. The highest BCUT2D eigenvalue weighted by Crippen LogP contribution is 2.43. The van der Waals surface area contributed by atoms with Crippen molar-refractivity contribution in [3.63, 3.8) is 0 Å². The summed E-state index contributed by atoms with van der Waals surface area (Å²) in [6, 6.07) is 69.6. The van der Waals surface area contributed by atoms with Gasteiger partial charge in [-0.25, -0.2) is 4.98 Å². The summed E-state index contributed by atoms with van der Waals surface area (Å²) in [6.45, 7) is 0. The van der Waals surface area contributed by atoms with E-state index in [1.165, 1.54) is 49.0 Å². The molecule has 11 rings (SSSR count). The molecule has 0 atom stereocenters. The van der Waals surface area contributed by atoms with Crippen molar-refractivity contribution in [3.05, 3.63) is 194 Å². The number of rotatable bonds is 5. The van der Waals surface area contributed by atoms with Crippen molar-refractivity contribution in [3.8, 4) is 22.3 Å². The largest absolute Gasteiger partial charge is 0.438 e. The molecule has 3 nitrogen and oxygen atoms in total. The predicted molar refractivity (Wildman–Crippen MR) is 227 cm³/mol. The van der Waals surface area contributed by atoms with Crippen molar-refractivity contribution in [1.29, 1.82) is 0 Å². The molecule has 2 aromatic heterocycles. The van der Waals surface area contributed by atoms with E-state index in [-0.39, 0.29) is 0 Å². The predicted octanol–water partition coefficient (Wildman–Crippen LogP) is 14.4. The maximum atomic E-state index is 6.22. The monoisotopic (exact) mass is 688 g/mol. The molecule has 0 spiro atoms. The topological polar surface area (TPSA) is 29.3 Å². The van der Waals surface area contributed by atoms with Crippen LogP contribution in [0.25, 0.3) is 87.5 Å². The molecule has 9 aromatic carbocycles. The molecule has 0 saturated heterocycles. The van der Waals surface area contributed by atoms with Crippen LogP contribution in [0.2, 0.25) is 0 Å². The Hall–Kier alpha value is -7.23. The minimum Gasteiger partial charge on any atom is -0.438 e. The average Bonchev–Trinajstić information content (AvgIpc) is 3.60. The quantitative estimate of drug-likeness (QED) is 0.169. The first kappa shape index (κ1) is 30.4. The summed E-state index contributed by atoms with van der Waals surface area (Å²) in [5.74, 6) is 0. The highest BCUT2D eigenvalue weighted by atomic mass is 16.3. The summed E-state index contributed by atoms with van der Waals surface area (Å²) in [5.41, 5.74) is 10.3. The van der Waals surface area contributed by atoms with E-state index in [1.54, 1.807) is 0 Å². The highest BCUT2D eigenvalue weighted by molar-refractivity contribution is 6.14. The standard InChI is InChI=1S/C51H32N2O/c1-3-17-39-33(12-1)14-10-22-40(39)35-15-9-16-38(30-35)53(49-24-11-23-48-47(49)32-46-44-21-7-8-25-50(44)54-51(46)52-48)37-28-26-34(27-29-37)45-31-36-13-2-4-18-41(36)42-19-5-6-20-43(42)45/h1-32H. The Morgan fingerprint density at radius 1 is 0.370 bits per heavy atom. The molecule has 0 radical (unpaired) electrons. The number of anilines is 3. The van der Waals surface area contributed by atoms with E-state index < -0.39 is 0 Å². The first-order valence-electron chi connectivity index (χ1n) is 18.4. The van der Waals surface area contributed by atoms with Gasteiger partial charge in [-0.05, 0) is 109 Å². The van der Waals surface area contributed by atoms with E-state index in [9.17, 15) is 0 Å². The Morgan fingerprint density at radius 3 is 1.93 bits per heavy atom. The van der Waals surface area contributed by atoms with E-state index in [0.717, 1.165) is 49.9 Å². The molecule has 0 N–H and O–H groups in total. The van der Waals surface area contributed by atoms with Crippen LogP contribution < -0.4 is 4.90 Å². The minimum atomic E-state index is 0.650. The van der Waals surface area contributed by atoms with Crippen molar-refractivity contribution >= 4 is 82.4 Å². The van der Waals surface area contributed by atoms with Gasteiger partial charge in [-0.2, -0.15) is 0 Å². The molecule has 0 fully saturated rings. The summed E-state index contributed by atoms with van der Waals surface area (Å²) in [4.78, 5) is 7.43. The van der Waals surface area contributed by atoms with E-state index in [2.05, 4.69) is 187 Å². The second-order valence-corrected chi connectivity index (χ2v) is 13.9. The number of nitrogens with zero attached hydrogens (tertiary/aromatic N) is 2. The summed E-state index contributed by atoms with van der Waals surface area (Å²) < 4.78 is 6.22. The lowest BCUT2D eigenvalue weighted by molar-refractivity contribution is 0.656. The summed E-state index contributed by atoms with van der Waals surface area (Å²) in [7, 11) is 0. The Balaban J connectivity index is 1.12. The van der Waals surface area contributed by atoms with Gasteiger partial charge in [-0.3, -0.25) is 0 Å². The van der Waals surface area contributed by atoms with Crippen LogP contribution in [0.15, 0.2) is 199 Å². The van der Waals surface area contributed by atoms with Gasteiger partial charge < -0.3 is 9.32 Å². The first-order valence-corrected chi connectivity index (χ1v) is 18.4. The molecule has 11 aromatic rings. The Morgan fingerprint density at radius 2 is 1.06 bits per heavy atom. The van der Waals surface area contributed by atoms with Crippen LogP contribution in [0, 0.1) is 0 Å². The fourth-order valence-corrected chi connectivity index (χ4v) is 8.31. The number of pyridine rings is 1. The lowest BCUT2D eigenvalue weighted by Gasteiger charge is -2.27. The summed E-state index contributed by atoms with van der Waals surface area (Å²) in [5, 5.41) is 10.6. The van der Waals surface area contributed by atoms with E-state index in [1.807, 2.05) is 12.1 Å². The molecule has 0 unspecified atom stereocenters. The number of furan rings is 1. The van der Waals surface area contributed by atoms with Crippen LogP contribution in [0.1, 0.15) is 0 Å². The fraction of sp³-hybridized carbons (Fsp3) is 0. The second kappa shape index (κ2) is 12.2. The van der Waals surface area contributed by atoms with Crippen LogP contribution in [-0.2, 0) is 0 Å². The number of hydrogen-bond donors (Lipinski definition) is 0. The molecular formula is C51H32N2O. The first-order chi connectivity index (χ1) is 26.8. The lowest BCUT2D eigenvalue weighted by Crippen LogP contribution is -2.10. The maximum Gasteiger partial charge on any atom is 0.227 e. The van der Waals surface area contributed by atoms with Crippen LogP contribution >= 0.6 is 0 Å². The number of hydrogen-bond acceptors (Lipinski definition) is 3. The van der Waals surface area contributed by atoms with Crippen LogP contribution in [-0.4, -0.2) is 4.98 Å². The molecule has 0 saturated carbocycles. The smallest absolute Gasteiger partial charge is 0.227 e. The maximum absolute atomic E-state index is 6.22. The van der Waals surface area contributed by atoms with Gasteiger partial charge in [0.1, 0.15) is 5.58 Å². The van der Waals surface area contributed by atoms with E-state index in [4.69, 9.17) is 9.40 Å². The molecule has 0 amide bonds. The zero-order valence-corrected chi connectivity index (χ0v) is 29.3. The molecule has 252 valence electrons. The lowest BCUT2D eigenvalue weighted by atomic mass is 9.93. The third-order valence-corrected chi connectivity index (χ3v) is 10.8. The van der Waals surface area contributed by atoms with Crippen LogP contribution in [0.4, 0.5) is 17.1 Å². The van der Waals surface area contributed by atoms with Crippen molar-refractivity contribution in [1.82, 2.24) is 4.98 Å². The Kier molecular flexibility index (Phi) is 6.86. The van der Waals surface area contributed by atoms with Crippen molar-refractivity contribution < 1.29 is 4.42 Å². The molecule has 0 bridgehead atoms. The summed E-state index contributed by atoms with van der Waals surface area (Å²) in [6.07, 6.45) is 0. The zero-order valence-electron chi connectivity index (χ0n) is 29.3. The average molecular weight is 689 g/mol. The van der Waals surface area contributed by atoms with Crippen molar-refractivity contribution in [2.75, 3.05) is 4.90 Å².